The van der Waals surface area contributed by atoms with Crippen LogP contribution in [0.3, 0.4) is 0 Å². The second-order valence-electron chi connectivity index (χ2n) is 3.85. The van der Waals surface area contributed by atoms with Gasteiger partial charge in [0.05, 0.1) is 24.9 Å². The van der Waals surface area contributed by atoms with E-state index in [1.165, 1.54) is 13.3 Å². The van der Waals surface area contributed by atoms with Crippen molar-refractivity contribution in [2.45, 2.75) is 19.9 Å². The number of rotatable bonds is 4. The second-order valence-corrected chi connectivity index (χ2v) is 3.85. The van der Waals surface area contributed by atoms with E-state index in [0.717, 1.165) is 17.9 Å². The Kier molecular flexibility index (Phi) is 3.72. The van der Waals surface area contributed by atoms with Crippen molar-refractivity contribution in [3.63, 3.8) is 0 Å². The van der Waals surface area contributed by atoms with E-state index in [9.17, 15) is 4.79 Å². The molecule has 0 aliphatic rings. The molecular weight excluding hydrogens is 230 g/mol. The van der Waals surface area contributed by atoms with Crippen LogP contribution in [0.15, 0.2) is 30.7 Å². The standard InChI is InChI=1S/C13H15N3O2/c1-3-12-14-6-7-16(12)9-11-5-4-10(8-15-11)13(17)18-2/h4-8H,3,9H2,1-2H3. The summed E-state index contributed by atoms with van der Waals surface area (Å²) in [6.45, 7) is 2.72. The third-order valence-electron chi connectivity index (χ3n) is 2.70. The van der Waals surface area contributed by atoms with Crippen LogP contribution >= 0.6 is 0 Å². The van der Waals surface area contributed by atoms with Crippen molar-refractivity contribution >= 4 is 5.97 Å². The number of carbonyl (C=O) groups excluding carboxylic acids is 1. The third kappa shape index (κ3) is 2.56. The molecule has 0 bridgehead atoms. The molecule has 0 fully saturated rings. The van der Waals surface area contributed by atoms with Crippen LogP contribution in [-0.2, 0) is 17.7 Å². The number of esters is 1. The van der Waals surface area contributed by atoms with Crippen LogP contribution in [0, 0.1) is 0 Å². The number of hydrogen-bond donors (Lipinski definition) is 0. The van der Waals surface area contributed by atoms with Gasteiger partial charge in [-0.3, -0.25) is 4.98 Å². The van der Waals surface area contributed by atoms with Gasteiger partial charge in [-0.05, 0) is 12.1 Å². The molecule has 0 aliphatic carbocycles. The van der Waals surface area contributed by atoms with E-state index in [1.54, 1.807) is 12.3 Å². The first kappa shape index (κ1) is 12.3. The van der Waals surface area contributed by atoms with E-state index < -0.39 is 0 Å². The molecule has 0 aromatic carbocycles. The molecule has 0 N–H and O–H groups in total. The van der Waals surface area contributed by atoms with Gasteiger partial charge in [0.15, 0.2) is 0 Å². The molecular formula is C13H15N3O2. The zero-order chi connectivity index (χ0) is 13.0. The van der Waals surface area contributed by atoms with Crippen LogP contribution in [0.5, 0.6) is 0 Å². The van der Waals surface area contributed by atoms with Crippen molar-refractivity contribution in [2.75, 3.05) is 7.11 Å². The van der Waals surface area contributed by atoms with E-state index in [1.807, 2.05) is 16.8 Å². The molecule has 2 heterocycles. The fourth-order valence-electron chi connectivity index (χ4n) is 1.73. The van der Waals surface area contributed by atoms with Crippen molar-refractivity contribution in [3.8, 4) is 0 Å². The van der Waals surface area contributed by atoms with E-state index in [2.05, 4.69) is 21.6 Å². The lowest BCUT2D eigenvalue weighted by molar-refractivity contribution is 0.0600. The summed E-state index contributed by atoms with van der Waals surface area (Å²) in [5.41, 5.74) is 1.35. The maximum absolute atomic E-state index is 11.3. The Labute approximate surface area is 105 Å². The maximum Gasteiger partial charge on any atom is 0.339 e. The number of pyridine rings is 1. The van der Waals surface area contributed by atoms with Crippen LogP contribution < -0.4 is 0 Å². The monoisotopic (exact) mass is 245 g/mol. The lowest BCUT2D eigenvalue weighted by Gasteiger charge is -2.06. The largest absolute Gasteiger partial charge is 0.465 e. The molecule has 18 heavy (non-hydrogen) atoms. The Morgan fingerprint density at radius 1 is 1.39 bits per heavy atom. The smallest absolute Gasteiger partial charge is 0.339 e. The molecule has 0 saturated heterocycles. The quantitative estimate of drug-likeness (QED) is 0.769. The number of nitrogens with zero attached hydrogens (tertiary/aromatic N) is 3. The molecule has 94 valence electrons. The molecule has 0 unspecified atom stereocenters. The van der Waals surface area contributed by atoms with E-state index in [-0.39, 0.29) is 5.97 Å². The Morgan fingerprint density at radius 2 is 2.22 bits per heavy atom. The maximum atomic E-state index is 11.3. The molecule has 0 atom stereocenters. The third-order valence-corrected chi connectivity index (χ3v) is 2.70. The van der Waals surface area contributed by atoms with Gasteiger partial charge in [-0.15, -0.1) is 0 Å². The van der Waals surface area contributed by atoms with Gasteiger partial charge in [0.2, 0.25) is 0 Å². The number of ether oxygens (including phenoxy) is 1. The van der Waals surface area contributed by atoms with Gasteiger partial charge in [0.1, 0.15) is 5.82 Å². The number of imidazole rings is 1. The van der Waals surface area contributed by atoms with Crippen LogP contribution in [0.1, 0.15) is 28.8 Å². The summed E-state index contributed by atoms with van der Waals surface area (Å²) in [7, 11) is 1.36. The Morgan fingerprint density at radius 3 is 2.83 bits per heavy atom. The summed E-state index contributed by atoms with van der Waals surface area (Å²) < 4.78 is 6.67. The van der Waals surface area contributed by atoms with Crippen molar-refractivity contribution in [1.29, 1.82) is 0 Å². The number of hydrogen-bond acceptors (Lipinski definition) is 4. The summed E-state index contributed by atoms with van der Waals surface area (Å²) in [5, 5.41) is 0. The Bertz CT molecular complexity index is 531. The minimum absolute atomic E-state index is 0.370. The summed E-state index contributed by atoms with van der Waals surface area (Å²) >= 11 is 0. The van der Waals surface area contributed by atoms with E-state index in [4.69, 9.17) is 0 Å². The highest BCUT2D eigenvalue weighted by Gasteiger charge is 2.06. The average Bonchev–Trinajstić information content (AvgIpc) is 2.86. The van der Waals surface area contributed by atoms with Crippen LogP contribution in [0.25, 0.3) is 0 Å². The zero-order valence-corrected chi connectivity index (χ0v) is 10.5. The molecule has 2 rings (SSSR count). The van der Waals surface area contributed by atoms with Crippen LogP contribution in [0.4, 0.5) is 0 Å². The fourth-order valence-corrected chi connectivity index (χ4v) is 1.73. The molecule has 0 radical (unpaired) electrons. The first-order chi connectivity index (χ1) is 8.74. The van der Waals surface area contributed by atoms with E-state index >= 15 is 0 Å². The van der Waals surface area contributed by atoms with Gasteiger partial charge < -0.3 is 9.30 Å². The summed E-state index contributed by atoms with van der Waals surface area (Å²) in [4.78, 5) is 19.8. The Hall–Kier alpha value is -2.17. The van der Waals surface area contributed by atoms with Gasteiger partial charge in [-0.2, -0.15) is 0 Å². The first-order valence-electron chi connectivity index (χ1n) is 5.78. The molecule has 2 aromatic rings. The number of aromatic nitrogens is 3. The number of carbonyl (C=O) groups is 1. The fraction of sp³-hybridized carbons (Fsp3) is 0.308. The van der Waals surface area contributed by atoms with Gasteiger partial charge in [-0.1, -0.05) is 6.92 Å². The minimum atomic E-state index is -0.370. The minimum Gasteiger partial charge on any atom is -0.465 e. The molecule has 5 heteroatoms. The van der Waals surface area contributed by atoms with Crippen molar-refractivity contribution in [2.24, 2.45) is 0 Å². The summed E-state index contributed by atoms with van der Waals surface area (Å²) in [6.07, 6.45) is 6.12. The van der Waals surface area contributed by atoms with Gasteiger partial charge in [-0.25, -0.2) is 9.78 Å². The molecule has 2 aromatic heterocycles. The number of aryl methyl sites for hydroxylation is 1. The van der Waals surface area contributed by atoms with Crippen molar-refractivity contribution in [1.82, 2.24) is 14.5 Å². The highest BCUT2D eigenvalue weighted by Crippen LogP contribution is 2.06. The van der Waals surface area contributed by atoms with Crippen molar-refractivity contribution in [3.05, 3.63) is 47.8 Å². The normalized spacial score (nSPS) is 10.3. The van der Waals surface area contributed by atoms with Gasteiger partial charge in [0.25, 0.3) is 0 Å². The lowest BCUT2D eigenvalue weighted by Crippen LogP contribution is -2.07. The van der Waals surface area contributed by atoms with E-state index in [0.29, 0.717) is 12.1 Å². The van der Waals surface area contributed by atoms with Gasteiger partial charge in [0, 0.05) is 25.0 Å². The highest BCUT2D eigenvalue weighted by atomic mass is 16.5. The summed E-state index contributed by atoms with van der Waals surface area (Å²) in [5.74, 6) is 0.653. The predicted octanol–water partition coefficient (Wildman–Crippen LogP) is 1.68. The SMILES string of the molecule is CCc1nccn1Cc1ccc(C(=O)OC)cn1. The summed E-state index contributed by atoms with van der Waals surface area (Å²) in [6, 6.07) is 3.54. The average molecular weight is 245 g/mol. The molecule has 0 spiro atoms. The molecule has 0 aliphatic heterocycles. The van der Waals surface area contributed by atoms with Crippen LogP contribution in [0.2, 0.25) is 0 Å². The predicted molar refractivity (Wildman–Crippen MR) is 66.3 cm³/mol. The molecule has 5 nitrogen and oxygen atoms in total. The van der Waals surface area contributed by atoms with Crippen molar-refractivity contribution < 1.29 is 9.53 Å². The highest BCUT2D eigenvalue weighted by molar-refractivity contribution is 5.88. The molecule has 0 saturated carbocycles. The molecule has 0 amide bonds. The van der Waals surface area contributed by atoms with Gasteiger partial charge >= 0.3 is 5.97 Å². The van der Waals surface area contributed by atoms with Crippen LogP contribution in [-0.4, -0.2) is 27.6 Å². The lowest BCUT2D eigenvalue weighted by atomic mass is 10.2. The zero-order valence-electron chi connectivity index (χ0n) is 10.5. The second kappa shape index (κ2) is 5.44. The topological polar surface area (TPSA) is 57.0 Å². The Balaban J connectivity index is 2.13. The first-order valence-corrected chi connectivity index (χ1v) is 5.78. The number of methoxy groups -OCH3 is 1.